The van der Waals surface area contributed by atoms with Crippen LogP contribution in [0, 0.1) is 17.8 Å². The number of piperidine rings is 1. The number of nitrogens with zero attached hydrogens (tertiary/aromatic N) is 1. The summed E-state index contributed by atoms with van der Waals surface area (Å²) >= 11 is 0. The number of likely N-dealkylation sites (tertiary alicyclic amines) is 1. The molecule has 1 saturated heterocycles. The Bertz CT molecular complexity index is 151. The van der Waals surface area contributed by atoms with Gasteiger partial charge in [0.1, 0.15) is 0 Å². The van der Waals surface area contributed by atoms with Gasteiger partial charge >= 0.3 is 0 Å². The topological polar surface area (TPSA) is 3.24 Å². The van der Waals surface area contributed by atoms with Gasteiger partial charge in [0.25, 0.3) is 0 Å². The van der Waals surface area contributed by atoms with Crippen molar-refractivity contribution in [2.24, 2.45) is 17.8 Å². The van der Waals surface area contributed by atoms with Gasteiger partial charge in [0.15, 0.2) is 0 Å². The van der Waals surface area contributed by atoms with Crippen molar-refractivity contribution in [1.82, 2.24) is 4.90 Å². The first-order valence-electron chi connectivity index (χ1n) is 5.48. The molecule has 1 heteroatoms. The molecule has 0 aromatic heterocycles. The second-order valence-corrected chi connectivity index (χ2v) is 4.95. The first-order chi connectivity index (χ1) is 5.75. The van der Waals surface area contributed by atoms with Crippen LogP contribution in [-0.2, 0) is 0 Å². The van der Waals surface area contributed by atoms with E-state index in [-0.39, 0.29) is 0 Å². The van der Waals surface area contributed by atoms with Gasteiger partial charge in [-0.3, -0.25) is 0 Å². The lowest BCUT2D eigenvalue weighted by atomic mass is 9.88. The van der Waals surface area contributed by atoms with Crippen molar-refractivity contribution < 1.29 is 0 Å². The third kappa shape index (κ3) is 2.01. The molecule has 0 bridgehead atoms. The van der Waals surface area contributed by atoms with Crippen molar-refractivity contribution in [2.75, 3.05) is 19.6 Å². The molecule has 0 unspecified atom stereocenters. The van der Waals surface area contributed by atoms with Crippen LogP contribution in [0.15, 0.2) is 0 Å². The predicted octanol–water partition coefficient (Wildman–Crippen LogP) is 2.37. The third-order valence-electron chi connectivity index (χ3n) is 3.63. The summed E-state index contributed by atoms with van der Waals surface area (Å²) < 4.78 is 0. The fourth-order valence-corrected chi connectivity index (χ4v) is 2.18. The van der Waals surface area contributed by atoms with Crippen LogP contribution in [0.4, 0.5) is 0 Å². The molecule has 0 aromatic rings. The summed E-state index contributed by atoms with van der Waals surface area (Å²) in [5, 5.41) is 0. The Labute approximate surface area is 76.1 Å². The Hall–Kier alpha value is -0.0400. The lowest BCUT2D eigenvalue weighted by Crippen LogP contribution is -2.39. The van der Waals surface area contributed by atoms with E-state index in [2.05, 4.69) is 18.7 Å². The summed E-state index contributed by atoms with van der Waals surface area (Å²) in [7, 11) is 0. The summed E-state index contributed by atoms with van der Waals surface area (Å²) in [5.41, 5.74) is 0. The van der Waals surface area contributed by atoms with E-state index in [0.717, 1.165) is 17.8 Å². The normalized spacial score (nSPS) is 38.5. The van der Waals surface area contributed by atoms with Crippen molar-refractivity contribution in [3.05, 3.63) is 0 Å². The monoisotopic (exact) mass is 167 g/mol. The van der Waals surface area contributed by atoms with Crippen molar-refractivity contribution in [3.8, 4) is 0 Å². The maximum absolute atomic E-state index is 2.68. The van der Waals surface area contributed by atoms with Gasteiger partial charge in [-0.1, -0.05) is 13.8 Å². The van der Waals surface area contributed by atoms with E-state index >= 15 is 0 Å². The van der Waals surface area contributed by atoms with E-state index in [1.165, 1.54) is 38.9 Å². The van der Waals surface area contributed by atoms with Gasteiger partial charge in [-0.05, 0) is 43.6 Å². The Kier molecular flexibility index (Phi) is 2.40. The van der Waals surface area contributed by atoms with Crippen LogP contribution in [0.2, 0.25) is 0 Å². The Morgan fingerprint density at radius 1 is 1.08 bits per heavy atom. The quantitative estimate of drug-likeness (QED) is 0.610. The number of hydrogen-bond acceptors (Lipinski definition) is 1. The van der Waals surface area contributed by atoms with E-state index in [4.69, 9.17) is 0 Å². The van der Waals surface area contributed by atoms with Gasteiger partial charge in [0, 0.05) is 13.1 Å². The fourth-order valence-electron chi connectivity index (χ4n) is 2.18. The second kappa shape index (κ2) is 3.37. The largest absolute Gasteiger partial charge is 0.303 e. The lowest BCUT2D eigenvalue weighted by Gasteiger charge is -2.35. The minimum absolute atomic E-state index is 0.928. The van der Waals surface area contributed by atoms with Crippen molar-refractivity contribution >= 4 is 0 Å². The zero-order valence-corrected chi connectivity index (χ0v) is 8.42. The SMILES string of the molecule is C[C@@H]1CCN(CC2CC2)C[C@@H]1C. The predicted molar refractivity (Wildman–Crippen MR) is 52.1 cm³/mol. The summed E-state index contributed by atoms with van der Waals surface area (Å²) in [6, 6.07) is 0. The van der Waals surface area contributed by atoms with Gasteiger partial charge in [-0.25, -0.2) is 0 Å². The standard InChI is InChI=1S/C11H21N/c1-9-5-6-12(7-10(9)2)8-11-3-4-11/h9-11H,3-8H2,1-2H3/t9-,10+/m1/s1. The van der Waals surface area contributed by atoms with Crippen LogP contribution in [0.5, 0.6) is 0 Å². The Balaban J connectivity index is 1.76. The number of hydrogen-bond donors (Lipinski definition) is 0. The van der Waals surface area contributed by atoms with Gasteiger partial charge in [-0.15, -0.1) is 0 Å². The van der Waals surface area contributed by atoms with Gasteiger partial charge in [0.05, 0.1) is 0 Å². The smallest absolute Gasteiger partial charge is 0.000978 e. The van der Waals surface area contributed by atoms with Crippen LogP contribution in [0.3, 0.4) is 0 Å². The second-order valence-electron chi connectivity index (χ2n) is 4.95. The zero-order valence-electron chi connectivity index (χ0n) is 8.42. The van der Waals surface area contributed by atoms with Crippen LogP contribution >= 0.6 is 0 Å². The molecule has 1 saturated carbocycles. The average Bonchev–Trinajstić information content (AvgIpc) is 2.81. The van der Waals surface area contributed by atoms with Crippen molar-refractivity contribution in [1.29, 1.82) is 0 Å². The van der Waals surface area contributed by atoms with Crippen LogP contribution in [-0.4, -0.2) is 24.5 Å². The molecular weight excluding hydrogens is 146 g/mol. The molecule has 1 aliphatic heterocycles. The summed E-state index contributed by atoms with van der Waals surface area (Å²) in [6.45, 7) is 8.93. The minimum atomic E-state index is 0.928. The summed E-state index contributed by atoms with van der Waals surface area (Å²) in [6.07, 6.45) is 4.43. The molecule has 1 heterocycles. The molecule has 70 valence electrons. The highest BCUT2D eigenvalue weighted by atomic mass is 15.1. The Morgan fingerprint density at radius 2 is 1.83 bits per heavy atom. The molecule has 0 spiro atoms. The highest BCUT2D eigenvalue weighted by Crippen LogP contribution is 2.32. The summed E-state index contributed by atoms with van der Waals surface area (Å²) in [4.78, 5) is 2.68. The van der Waals surface area contributed by atoms with Gasteiger partial charge in [-0.2, -0.15) is 0 Å². The zero-order chi connectivity index (χ0) is 8.55. The van der Waals surface area contributed by atoms with Crippen LogP contribution in [0.25, 0.3) is 0 Å². The highest BCUT2D eigenvalue weighted by molar-refractivity contribution is 4.81. The summed E-state index contributed by atoms with van der Waals surface area (Å²) in [5.74, 6) is 2.96. The maximum atomic E-state index is 2.68. The average molecular weight is 167 g/mol. The third-order valence-corrected chi connectivity index (χ3v) is 3.63. The lowest BCUT2D eigenvalue weighted by molar-refractivity contribution is 0.134. The van der Waals surface area contributed by atoms with Gasteiger partial charge in [0.2, 0.25) is 0 Å². The van der Waals surface area contributed by atoms with E-state index in [1.54, 1.807) is 0 Å². The molecule has 2 fully saturated rings. The highest BCUT2D eigenvalue weighted by Gasteiger charge is 2.28. The minimum Gasteiger partial charge on any atom is -0.303 e. The Morgan fingerprint density at radius 3 is 2.42 bits per heavy atom. The maximum Gasteiger partial charge on any atom is 0.000978 e. The molecular formula is C11H21N. The molecule has 0 radical (unpaired) electrons. The van der Waals surface area contributed by atoms with Crippen LogP contribution in [0.1, 0.15) is 33.1 Å². The van der Waals surface area contributed by atoms with E-state index in [0.29, 0.717) is 0 Å². The number of rotatable bonds is 2. The first kappa shape index (κ1) is 8.55. The van der Waals surface area contributed by atoms with Crippen LogP contribution < -0.4 is 0 Å². The van der Waals surface area contributed by atoms with Crippen molar-refractivity contribution in [3.63, 3.8) is 0 Å². The molecule has 2 atom stereocenters. The molecule has 12 heavy (non-hydrogen) atoms. The van der Waals surface area contributed by atoms with Crippen molar-refractivity contribution in [2.45, 2.75) is 33.1 Å². The van der Waals surface area contributed by atoms with E-state index in [9.17, 15) is 0 Å². The molecule has 2 rings (SSSR count). The molecule has 2 aliphatic rings. The first-order valence-corrected chi connectivity index (χ1v) is 5.48. The van der Waals surface area contributed by atoms with E-state index in [1.807, 2.05) is 0 Å². The molecule has 0 N–H and O–H groups in total. The molecule has 0 aromatic carbocycles. The molecule has 1 nitrogen and oxygen atoms in total. The van der Waals surface area contributed by atoms with Gasteiger partial charge < -0.3 is 4.90 Å². The fraction of sp³-hybridized carbons (Fsp3) is 1.00. The van der Waals surface area contributed by atoms with E-state index < -0.39 is 0 Å². The molecule has 1 aliphatic carbocycles. The molecule has 0 amide bonds.